The lowest BCUT2D eigenvalue weighted by Gasteiger charge is -2.07. The van der Waals surface area contributed by atoms with E-state index in [4.69, 9.17) is 0 Å². The summed E-state index contributed by atoms with van der Waals surface area (Å²) in [4.78, 5) is 20.7. The van der Waals surface area contributed by atoms with Crippen LogP contribution in [0.2, 0.25) is 0 Å². The molecule has 3 heteroatoms. The van der Waals surface area contributed by atoms with Gasteiger partial charge in [0.15, 0.2) is 0 Å². The number of ether oxygens (including phenoxy) is 1. The van der Waals surface area contributed by atoms with Crippen LogP contribution in [0, 0.1) is 5.92 Å². The Labute approximate surface area is 73.1 Å². The molecule has 0 saturated heterocycles. The Morgan fingerprint density at radius 1 is 1.50 bits per heavy atom. The number of esters is 1. The fraction of sp³-hybridized carbons (Fsp3) is 0.778. The summed E-state index contributed by atoms with van der Waals surface area (Å²) >= 11 is 0. The maximum absolute atomic E-state index is 10.7. The molecular formula is C9H16O3. The Hall–Kier alpha value is -0.860. The second-order valence-corrected chi connectivity index (χ2v) is 2.96. The van der Waals surface area contributed by atoms with Crippen molar-refractivity contribution < 1.29 is 14.3 Å². The predicted molar refractivity (Wildman–Crippen MR) is 45.7 cm³/mol. The van der Waals surface area contributed by atoms with E-state index in [1.165, 1.54) is 7.11 Å². The third kappa shape index (κ3) is 5.89. The van der Waals surface area contributed by atoms with Gasteiger partial charge in [0.05, 0.1) is 7.11 Å². The van der Waals surface area contributed by atoms with E-state index in [1.54, 1.807) is 0 Å². The molecule has 0 bridgehead atoms. The van der Waals surface area contributed by atoms with Gasteiger partial charge in [0.25, 0.3) is 0 Å². The zero-order valence-corrected chi connectivity index (χ0v) is 7.71. The van der Waals surface area contributed by atoms with Crippen molar-refractivity contribution in [2.75, 3.05) is 7.11 Å². The molecule has 0 amide bonds. The normalized spacial score (nSPS) is 12.2. The Morgan fingerprint density at radius 3 is 2.67 bits per heavy atom. The number of carbonyl (C=O) groups excluding carboxylic acids is 2. The topological polar surface area (TPSA) is 43.4 Å². The molecule has 3 nitrogen and oxygen atoms in total. The van der Waals surface area contributed by atoms with Gasteiger partial charge < -0.3 is 9.53 Å². The molecule has 0 aliphatic carbocycles. The molecule has 0 N–H and O–H groups in total. The van der Waals surface area contributed by atoms with Crippen LogP contribution in [0.15, 0.2) is 0 Å². The average Bonchev–Trinajstić information content (AvgIpc) is 2.10. The molecule has 0 spiro atoms. The third-order valence-corrected chi connectivity index (χ3v) is 1.85. The highest BCUT2D eigenvalue weighted by molar-refractivity contribution is 5.69. The monoisotopic (exact) mass is 172 g/mol. The predicted octanol–water partition coefficient (Wildman–Crippen LogP) is 1.55. The van der Waals surface area contributed by atoms with E-state index < -0.39 is 0 Å². The average molecular weight is 172 g/mol. The summed E-state index contributed by atoms with van der Waals surface area (Å²) in [5.41, 5.74) is 0. The summed E-state index contributed by atoms with van der Waals surface area (Å²) in [7, 11) is 1.39. The van der Waals surface area contributed by atoms with Gasteiger partial charge in [-0.3, -0.25) is 4.79 Å². The molecule has 0 heterocycles. The highest BCUT2D eigenvalue weighted by atomic mass is 16.5. The van der Waals surface area contributed by atoms with E-state index in [0.717, 1.165) is 19.1 Å². The summed E-state index contributed by atoms with van der Waals surface area (Å²) in [5.74, 6) is 0.252. The number of carbonyl (C=O) groups is 2. The Kier molecular flexibility index (Phi) is 6.34. The fourth-order valence-corrected chi connectivity index (χ4v) is 0.963. The van der Waals surface area contributed by atoms with Crippen molar-refractivity contribution in [1.29, 1.82) is 0 Å². The standard InChI is InChI=1S/C9H16O3/c1-8(4-3-7-10)5-6-9(11)12-2/h7-8H,3-6H2,1-2H3. The van der Waals surface area contributed by atoms with Crippen LogP contribution in [0.3, 0.4) is 0 Å². The Balaban J connectivity index is 3.36. The molecule has 0 saturated carbocycles. The van der Waals surface area contributed by atoms with E-state index in [9.17, 15) is 9.59 Å². The minimum absolute atomic E-state index is 0.173. The third-order valence-electron chi connectivity index (χ3n) is 1.85. The van der Waals surface area contributed by atoms with Gasteiger partial charge in [-0.15, -0.1) is 0 Å². The van der Waals surface area contributed by atoms with Crippen LogP contribution >= 0.6 is 0 Å². The lowest BCUT2D eigenvalue weighted by Crippen LogP contribution is -2.04. The molecule has 1 atom stereocenters. The Bertz CT molecular complexity index is 143. The summed E-state index contributed by atoms with van der Waals surface area (Å²) in [6.45, 7) is 2.03. The van der Waals surface area contributed by atoms with Crippen molar-refractivity contribution in [3.8, 4) is 0 Å². The first-order valence-electron chi connectivity index (χ1n) is 4.21. The number of hydrogen-bond acceptors (Lipinski definition) is 3. The molecule has 0 aromatic heterocycles. The summed E-state index contributed by atoms with van der Waals surface area (Å²) in [6, 6.07) is 0. The first-order chi connectivity index (χ1) is 5.70. The van der Waals surface area contributed by atoms with Crippen molar-refractivity contribution in [2.45, 2.75) is 32.6 Å². The van der Waals surface area contributed by atoms with Crippen molar-refractivity contribution in [3.63, 3.8) is 0 Å². The number of rotatable bonds is 6. The molecule has 70 valence electrons. The first kappa shape index (κ1) is 11.1. The second kappa shape index (κ2) is 6.83. The van der Waals surface area contributed by atoms with Gasteiger partial charge in [-0.2, -0.15) is 0 Å². The molecule has 12 heavy (non-hydrogen) atoms. The zero-order chi connectivity index (χ0) is 9.40. The van der Waals surface area contributed by atoms with Gasteiger partial charge in [-0.05, 0) is 18.8 Å². The second-order valence-electron chi connectivity index (χ2n) is 2.96. The van der Waals surface area contributed by atoms with Crippen LogP contribution in [0.25, 0.3) is 0 Å². The summed E-state index contributed by atoms with van der Waals surface area (Å²) in [5, 5.41) is 0. The SMILES string of the molecule is COC(=O)CCC(C)CCC=O. The molecule has 0 aliphatic heterocycles. The molecule has 0 aromatic rings. The van der Waals surface area contributed by atoms with Crippen molar-refractivity contribution in [1.82, 2.24) is 0 Å². The Morgan fingerprint density at radius 2 is 2.17 bits per heavy atom. The molecular weight excluding hydrogens is 156 g/mol. The van der Waals surface area contributed by atoms with Crippen LogP contribution < -0.4 is 0 Å². The molecule has 0 radical (unpaired) electrons. The van der Waals surface area contributed by atoms with Gasteiger partial charge in [0.2, 0.25) is 0 Å². The minimum atomic E-state index is -0.173. The fourth-order valence-electron chi connectivity index (χ4n) is 0.963. The maximum Gasteiger partial charge on any atom is 0.305 e. The van der Waals surface area contributed by atoms with E-state index in [-0.39, 0.29) is 5.97 Å². The minimum Gasteiger partial charge on any atom is -0.469 e. The van der Waals surface area contributed by atoms with Crippen LogP contribution in [-0.4, -0.2) is 19.4 Å². The number of methoxy groups -OCH3 is 1. The van der Waals surface area contributed by atoms with Crippen molar-refractivity contribution in [3.05, 3.63) is 0 Å². The lowest BCUT2D eigenvalue weighted by molar-refractivity contribution is -0.140. The lowest BCUT2D eigenvalue weighted by atomic mass is 10.0. The number of aldehydes is 1. The molecule has 0 fully saturated rings. The van der Waals surface area contributed by atoms with E-state index in [2.05, 4.69) is 4.74 Å². The summed E-state index contributed by atoms with van der Waals surface area (Å²) < 4.78 is 4.50. The van der Waals surface area contributed by atoms with E-state index >= 15 is 0 Å². The van der Waals surface area contributed by atoms with Gasteiger partial charge in [-0.1, -0.05) is 6.92 Å². The molecule has 1 unspecified atom stereocenters. The highest BCUT2D eigenvalue weighted by Gasteiger charge is 2.05. The maximum atomic E-state index is 10.7. The largest absolute Gasteiger partial charge is 0.469 e. The van der Waals surface area contributed by atoms with Crippen molar-refractivity contribution >= 4 is 12.3 Å². The number of hydrogen-bond donors (Lipinski definition) is 0. The highest BCUT2D eigenvalue weighted by Crippen LogP contribution is 2.11. The molecule has 0 aromatic carbocycles. The smallest absolute Gasteiger partial charge is 0.305 e. The molecule has 0 aliphatic rings. The van der Waals surface area contributed by atoms with Gasteiger partial charge >= 0.3 is 5.97 Å². The quantitative estimate of drug-likeness (QED) is 0.451. The summed E-state index contributed by atoms with van der Waals surface area (Å²) in [6.07, 6.45) is 3.62. The molecule has 0 rings (SSSR count). The van der Waals surface area contributed by atoms with Crippen LogP contribution in [-0.2, 0) is 14.3 Å². The van der Waals surface area contributed by atoms with E-state index in [0.29, 0.717) is 18.8 Å². The van der Waals surface area contributed by atoms with Gasteiger partial charge in [-0.25, -0.2) is 0 Å². The van der Waals surface area contributed by atoms with Crippen LogP contribution in [0.5, 0.6) is 0 Å². The van der Waals surface area contributed by atoms with Crippen LogP contribution in [0.4, 0.5) is 0 Å². The first-order valence-corrected chi connectivity index (χ1v) is 4.21. The van der Waals surface area contributed by atoms with Gasteiger partial charge in [0, 0.05) is 12.8 Å². The van der Waals surface area contributed by atoms with Crippen molar-refractivity contribution in [2.24, 2.45) is 5.92 Å². The van der Waals surface area contributed by atoms with E-state index in [1.807, 2.05) is 6.92 Å². The van der Waals surface area contributed by atoms with Crippen LogP contribution in [0.1, 0.15) is 32.6 Å². The van der Waals surface area contributed by atoms with Gasteiger partial charge in [0.1, 0.15) is 6.29 Å². The zero-order valence-electron chi connectivity index (χ0n) is 7.71.